The molecule has 27 heavy (non-hydrogen) atoms. The first-order chi connectivity index (χ1) is 13.0. The van der Waals surface area contributed by atoms with Crippen LogP contribution in [0.3, 0.4) is 0 Å². The van der Waals surface area contributed by atoms with Gasteiger partial charge in [-0.2, -0.15) is 4.98 Å². The molecular formula is C21H28N4O2. The molecule has 2 aromatic rings. The molecule has 3 rings (SSSR count). The maximum Gasteiger partial charge on any atom is 0.249 e. The number of piperazine rings is 1. The summed E-state index contributed by atoms with van der Waals surface area (Å²) in [6.07, 6.45) is 2.87. The number of aryl methyl sites for hydroxylation is 1. The zero-order chi connectivity index (χ0) is 19.4. The van der Waals surface area contributed by atoms with Crippen LogP contribution in [0.2, 0.25) is 0 Å². The monoisotopic (exact) mass is 368 g/mol. The van der Waals surface area contributed by atoms with E-state index in [-0.39, 0.29) is 11.9 Å². The van der Waals surface area contributed by atoms with Gasteiger partial charge < -0.3 is 9.42 Å². The van der Waals surface area contributed by atoms with Crippen molar-refractivity contribution in [1.82, 2.24) is 19.9 Å². The number of allylic oxidation sites excluding steroid dienone is 1. The fourth-order valence-corrected chi connectivity index (χ4v) is 3.34. The van der Waals surface area contributed by atoms with Crippen molar-refractivity contribution in [2.75, 3.05) is 26.2 Å². The number of amides is 1. The average molecular weight is 368 g/mol. The summed E-state index contributed by atoms with van der Waals surface area (Å²) >= 11 is 0. The van der Waals surface area contributed by atoms with Gasteiger partial charge in [0, 0.05) is 37.3 Å². The number of rotatable bonds is 5. The molecule has 6 nitrogen and oxygen atoms in total. The SMILES string of the molecule is CC/C=C(\C)C(=O)N1CCN(C(C)c2nc(-c3ccc(C)cc3)no2)CC1. The quantitative estimate of drug-likeness (QED) is 0.755. The van der Waals surface area contributed by atoms with Gasteiger partial charge in [-0.15, -0.1) is 0 Å². The summed E-state index contributed by atoms with van der Waals surface area (Å²) < 4.78 is 5.52. The topological polar surface area (TPSA) is 62.5 Å². The fraction of sp³-hybridized carbons (Fsp3) is 0.476. The second-order valence-corrected chi connectivity index (χ2v) is 7.12. The van der Waals surface area contributed by atoms with E-state index in [4.69, 9.17) is 4.52 Å². The molecule has 6 heteroatoms. The molecule has 144 valence electrons. The highest BCUT2D eigenvalue weighted by Crippen LogP contribution is 2.24. The Balaban J connectivity index is 1.61. The lowest BCUT2D eigenvalue weighted by molar-refractivity contribution is -0.129. The zero-order valence-electron chi connectivity index (χ0n) is 16.6. The Bertz CT molecular complexity index is 802. The lowest BCUT2D eigenvalue weighted by atomic mass is 10.1. The molecule has 1 saturated heterocycles. The maximum atomic E-state index is 12.4. The number of hydrogen-bond acceptors (Lipinski definition) is 5. The summed E-state index contributed by atoms with van der Waals surface area (Å²) in [4.78, 5) is 21.2. The summed E-state index contributed by atoms with van der Waals surface area (Å²) in [5, 5.41) is 4.13. The largest absolute Gasteiger partial charge is 0.337 e. The van der Waals surface area contributed by atoms with E-state index in [1.165, 1.54) is 5.56 Å². The molecule has 0 N–H and O–H groups in total. The molecule has 0 radical (unpaired) electrons. The number of benzene rings is 1. The van der Waals surface area contributed by atoms with Crippen LogP contribution in [0.15, 0.2) is 40.4 Å². The van der Waals surface area contributed by atoms with Crippen molar-refractivity contribution in [3.63, 3.8) is 0 Å². The van der Waals surface area contributed by atoms with Gasteiger partial charge in [-0.25, -0.2) is 0 Å². The van der Waals surface area contributed by atoms with Crippen molar-refractivity contribution >= 4 is 5.91 Å². The molecule has 1 aliphatic heterocycles. The van der Waals surface area contributed by atoms with Crippen LogP contribution in [-0.2, 0) is 4.79 Å². The van der Waals surface area contributed by atoms with Crippen LogP contribution in [0.5, 0.6) is 0 Å². The standard InChI is InChI=1S/C21H28N4O2/c1-5-6-16(3)21(26)25-13-11-24(12-14-25)17(4)20-22-19(23-27-20)18-9-7-15(2)8-10-18/h6-10,17H,5,11-14H2,1-4H3/b16-6+. The Morgan fingerprint density at radius 3 is 2.52 bits per heavy atom. The molecule has 0 aliphatic carbocycles. The average Bonchev–Trinajstić information content (AvgIpc) is 3.18. The normalized spacial score (nSPS) is 17.2. The molecule has 1 aliphatic rings. The molecule has 0 saturated carbocycles. The van der Waals surface area contributed by atoms with Crippen molar-refractivity contribution in [2.24, 2.45) is 0 Å². The molecule has 0 spiro atoms. The first kappa shape index (κ1) is 19.3. The predicted octanol–water partition coefficient (Wildman–Crippen LogP) is 3.61. The van der Waals surface area contributed by atoms with Crippen molar-refractivity contribution in [1.29, 1.82) is 0 Å². The maximum absolute atomic E-state index is 12.4. The van der Waals surface area contributed by atoms with Crippen molar-refractivity contribution in [3.05, 3.63) is 47.4 Å². The number of aromatic nitrogens is 2. The van der Waals surface area contributed by atoms with Gasteiger partial charge in [0.1, 0.15) is 0 Å². The van der Waals surface area contributed by atoms with Crippen LogP contribution in [-0.4, -0.2) is 52.0 Å². The van der Waals surface area contributed by atoms with Gasteiger partial charge in [0.05, 0.1) is 6.04 Å². The van der Waals surface area contributed by atoms with Gasteiger partial charge in [-0.05, 0) is 27.2 Å². The van der Waals surface area contributed by atoms with Crippen molar-refractivity contribution in [3.8, 4) is 11.4 Å². The Morgan fingerprint density at radius 1 is 1.22 bits per heavy atom. The lowest BCUT2D eigenvalue weighted by Gasteiger charge is -2.37. The molecule has 0 bridgehead atoms. The number of hydrogen-bond donors (Lipinski definition) is 0. The van der Waals surface area contributed by atoms with Gasteiger partial charge in [-0.3, -0.25) is 9.69 Å². The predicted molar refractivity (Wildman–Crippen MR) is 105 cm³/mol. The van der Waals surface area contributed by atoms with Crippen LogP contribution in [0.1, 0.15) is 44.7 Å². The highest BCUT2D eigenvalue weighted by molar-refractivity contribution is 5.92. The highest BCUT2D eigenvalue weighted by atomic mass is 16.5. The molecule has 1 aromatic carbocycles. The molecule has 2 heterocycles. The summed E-state index contributed by atoms with van der Waals surface area (Å²) in [6.45, 7) is 11.1. The van der Waals surface area contributed by atoms with E-state index >= 15 is 0 Å². The summed E-state index contributed by atoms with van der Waals surface area (Å²) in [5.41, 5.74) is 2.99. The number of carbonyl (C=O) groups is 1. The van der Waals surface area contributed by atoms with E-state index in [0.717, 1.165) is 43.7 Å². The Morgan fingerprint density at radius 2 is 1.89 bits per heavy atom. The van der Waals surface area contributed by atoms with Gasteiger partial charge >= 0.3 is 0 Å². The molecule has 1 aromatic heterocycles. The van der Waals surface area contributed by atoms with Crippen molar-refractivity contribution in [2.45, 2.75) is 40.2 Å². The molecule has 1 fully saturated rings. The van der Waals surface area contributed by atoms with E-state index in [1.54, 1.807) is 0 Å². The van der Waals surface area contributed by atoms with Crippen molar-refractivity contribution < 1.29 is 9.32 Å². The highest BCUT2D eigenvalue weighted by Gasteiger charge is 2.28. The first-order valence-corrected chi connectivity index (χ1v) is 9.60. The number of carbonyl (C=O) groups excluding carboxylic acids is 1. The van der Waals surface area contributed by atoms with Gasteiger partial charge in [-0.1, -0.05) is 48.0 Å². The van der Waals surface area contributed by atoms with Crippen LogP contribution >= 0.6 is 0 Å². The van der Waals surface area contributed by atoms with E-state index in [9.17, 15) is 4.79 Å². The van der Waals surface area contributed by atoms with Crippen LogP contribution < -0.4 is 0 Å². The minimum absolute atomic E-state index is 0.0289. The Labute approximate surface area is 160 Å². The third kappa shape index (κ3) is 4.45. The minimum atomic E-state index is 0.0289. The van der Waals surface area contributed by atoms with E-state index in [1.807, 2.05) is 49.1 Å². The van der Waals surface area contributed by atoms with E-state index in [2.05, 4.69) is 28.9 Å². The fourth-order valence-electron chi connectivity index (χ4n) is 3.34. The van der Waals surface area contributed by atoms with E-state index in [0.29, 0.717) is 11.7 Å². The second-order valence-electron chi connectivity index (χ2n) is 7.12. The molecular weight excluding hydrogens is 340 g/mol. The van der Waals surface area contributed by atoms with E-state index < -0.39 is 0 Å². The summed E-state index contributed by atoms with van der Waals surface area (Å²) in [6, 6.07) is 8.12. The molecule has 1 amide bonds. The lowest BCUT2D eigenvalue weighted by Crippen LogP contribution is -2.49. The first-order valence-electron chi connectivity index (χ1n) is 9.60. The third-order valence-corrected chi connectivity index (χ3v) is 5.11. The van der Waals surface area contributed by atoms with Gasteiger partial charge in [0.2, 0.25) is 17.6 Å². The Hall–Kier alpha value is -2.47. The van der Waals surface area contributed by atoms with Crippen LogP contribution in [0.25, 0.3) is 11.4 Å². The summed E-state index contributed by atoms with van der Waals surface area (Å²) in [5.74, 6) is 1.38. The summed E-state index contributed by atoms with van der Waals surface area (Å²) in [7, 11) is 0. The second kappa shape index (κ2) is 8.48. The Kier molecular flexibility index (Phi) is 6.06. The van der Waals surface area contributed by atoms with Crippen LogP contribution in [0.4, 0.5) is 0 Å². The molecule has 1 unspecified atom stereocenters. The third-order valence-electron chi connectivity index (χ3n) is 5.11. The number of nitrogens with zero attached hydrogens (tertiary/aromatic N) is 4. The minimum Gasteiger partial charge on any atom is -0.337 e. The smallest absolute Gasteiger partial charge is 0.249 e. The van der Waals surface area contributed by atoms with Gasteiger partial charge in [0.25, 0.3) is 0 Å². The van der Waals surface area contributed by atoms with Crippen LogP contribution in [0, 0.1) is 6.92 Å². The van der Waals surface area contributed by atoms with Gasteiger partial charge in [0.15, 0.2) is 0 Å². The molecule has 1 atom stereocenters. The zero-order valence-corrected chi connectivity index (χ0v) is 16.6.